The Hall–Kier alpha value is -6.06. The zero-order valence-electron chi connectivity index (χ0n) is 24.5. The number of nitrogens with zero attached hydrogens (tertiary/aromatic N) is 2. The Morgan fingerprint density at radius 2 is 1.02 bits per heavy atom. The highest BCUT2D eigenvalue weighted by atomic mass is 16.3. The van der Waals surface area contributed by atoms with Gasteiger partial charge in [0.15, 0.2) is 0 Å². The van der Waals surface area contributed by atoms with Crippen LogP contribution in [0.3, 0.4) is 0 Å². The number of rotatable bonds is 5. The number of benzene rings is 7. The van der Waals surface area contributed by atoms with E-state index < -0.39 is 0 Å². The Labute approximate surface area is 260 Å². The number of hydrogen-bond acceptors (Lipinski definition) is 2. The smallest absolute Gasteiger partial charge is 0.137 e. The van der Waals surface area contributed by atoms with Gasteiger partial charge in [0.1, 0.15) is 11.2 Å². The molecule has 0 unspecified atom stereocenters. The van der Waals surface area contributed by atoms with Gasteiger partial charge >= 0.3 is 0 Å². The molecule has 2 aromatic heterocycles. The lowest BCUT2D eigenvalue weighted by Gasteiger charge is -2.28. The molecule has 9 aromatic rings. The molecule has 0 aliphatic carbocycles. The Morgan fingerprint density at radius 3 is 1.87 bits per heavy atom. The first-order valence-corrected chi connectivity index (χ1v) is 15.3. The van der Waals surface area contributed by atoms with E-state index in [0.717, 1.165) is 55.8 Å². The van der Waals surface area contributed by atoms with Gasteiger partial charge in [-0.2, -0.15) is 0 Å². The average Bonchev–Trinajstić information content (AvgIpc) is 3.64. The first-order chi connectivity index (χ1) is 22.3. The topological polar surface area (TPSA) is 21.3 Å². The lowest BCUT2D eigenvalue weighted by atomic mass is 10.0. The van der Waals surface area contributed by atoms with E-state index >= 15 is 0 Å². The molecule has 212 valence electrons. The molecule has 0 bridgehead atoms. The molecule has 2 heterocycles. The molecule has 3 nitrogen and oxygen atoms in total. The molecule has 7 aromatic carbocycles. The van der Waals surface area contributed by atoms with Gasteiger partial charge in [-0.3, -0.25) is 0 Å². The Kier molecular flexibility index (Phi) is 5.82. The highest BCUT2D eigenvalue weighted by molar-refractivity contribution is 6.11. The van der Waals surface area contributed by atoms with E-state index in [4.69, 9.17) is 4.42 Å². The summed E-state index contributed by atoms with van der Waals surface area (Å²) in [6, 6.07) is 60.2. The minimum Gasteiger partial charge on any atom is -0.456 e. The van der Waals surface area contributed by atoms with E-state index in [1.165, 1.54) is 21.9 Å². The molecule has 0 aliphatic heterocycles. The molecule has 3 heteroatoms. The number of furan rings is 1. The van der Waals surface area contributed by atoms with Crippen molar-refractivity contribution in [2.24, 2.45) is 0 Å². The van der Waals surface area contributed by atoms with Crippen LogP contribution in [0, 0.1) is 0 Å². The van der Waals surface area contributed by atoms with Crippen molar-refractivity contribution < 1.29 is 4.42 Å². The summed E-state index contributed by atoms with van der Waals surface area (Å²) in [5, 5.41) is 4.71. The van der Waals surface area contributed by atoms with Crippen molar-refractivity contribution in [1.82, 2.24) is 4.57 Å². The van der Waals surface area contributed by atoms with Gasteiger partial charge in [0.25, 0.3) is 0 Å². The largest absolute Gasteiger partial charge is 0.456 e. The SMILES string of the molecule is c1ccc(-c2ccccc2N(c2ccc3c(c2)oc2ccccc23)c2ccc3c4ccccc4n(-c4ccccc4)c3c2)cc1. The third-order valence-electron chi connectivity index (χ3n) is 8.78. The number of para-hydroxylation sites is 4. The molecule has 0 radical (unpaired) electrons. The summed E-state index contributed by atoms with van der Waals surface area (Å²) in [7, 11) is 0. The molecule has 45 heavy (non-hydrogen) atoms. The van der Waals surface area contributed by atoms with Crippen LogP contribution in [-0.2, 0) is 0 Å². The second-order valence-electron chi connectivity index (χ2n) is 11.4. The molecular weight excluding hydrogens is 548 g/mol. The van der Waals surface area contributed by atoms with Crippen molar-refractivity contribution in [2.75, 3.05) is 4.90 Å². The summed E-state index contributed by atoms with van der Waals surface area (Å²) in [6.45, 7) is 0. The van der Waals surface area contributed by atoms with Crippen molar-refractivity contribution in [2.45, 2.75) is 0 Å². The van der Waals surface area contributed by atoms with E-state index in [2.05, 4.69) is 167 Å². The minimum absolute atomic E-state index is 0.871. The molecule has 9 rings (SSSR count). The summed E-state index contributed by atoms with van der Waals surface area (Å²) in [4.78, 5) is 2.36. The second kappa shape index (κ2) is 10.3. The molecule has 0 saturated heterocycles. The van der Waals surface area contributed by atoms with Crippen LogP contribution in [0.4, 0.5) is 17.1 Å². The molecule has 0 amide bonds. The maximum Gasteiger partial charge on any atom is 0.137 e. The summed E-state index contributed by atoms with van der Waals surface area (Å²) >= 11 is 0. The van der Waals surface area contributed by atoms with E-state index in [1.54, 1.807) is 0 Å². The van der Waals surface area contributed by atoms with Crippen LogP contribution in [0.1, 0.15) is 0 Å². The first-order valence-electron chi connectivity index (χ1n) is 15.3. The van der Waals surface area contributed by atoms with E-state index in [0.29, 0.717) is 0 Å². The van der Waals surface area contributed by atoms with Gasteiger partial charge in [0.05, 0.1) is 16.7 Å². The lowest BCUT2D eigenvalue weighted by Crippen LogP contribution is -2.11. The van der Waals surface area contributed by atoms with Gasteiger partial charge in [0, 0.05) is 50.2 Å². The minimum atomic E-state index is 0.871. The summed E-state index contributed by atoms with van der Waals surface area (Å²) in [5.41, 5.74) is 10.8. The molecule has 0 atom stereocenters. The van der Waals surface area contributed by atoms with Crippen molar-refractivity contribution in [1.29, 1.82) is 0 Å². The van der Waals surface area contributed by atoms with E-state index in [-0.39, 0.29) is 0 Å². The van der Waals surface area contributed by atoms with Crippen molar-refractivity contribution in [3.05, 3.63) is 170 Å². The third-order valence-corrected chi connectivity index (χ3v) is 8.78. The first kappa shape index (κ1) is 25.4. The number of hydrogen-bond donors (Lipinski definition) is 0. The van der Waals surface area contributed by atoms with Gasteiger partial charge in [-0.05, 0) is 60.2 Å². The van der Waals surface area contributed by atoms with Gasteiger partial charge in [-0.25, -0.2) is 0 Å². The molecule has 0 N–H and O–H groups in total. The standard InChI is InChI=1S/C42H28N2O/c1-3-13-29(14-4-1)33-17-7-10-20-38(33)43(32-24-26-37-36-19-9-12-22-41(36)45-42(37)28-32)31-23-25-35-34-18-8-11-21-39(34)44(40(35)27-31)30-15-5-2-6-16-30/h1-28H. The molecule has 0 spiro atoms. The highest BCUT2D eigenvalue weighted by Gasteiger charge is 2.21. The predicted molar refractivity (Wildman–Crippen MR) is 188 cm³/mol. The average molecular weight is 577 g/mol. The van der Waals surface area contributed by atoms with Crippen LogP contribution in [0.5, 0.6) is 0 Å². The van der Waals surface area contributed by atoms with Crippen LogP contribution < -0.4 is 4.90 Å². The lowest BCUT2D eigenvalue weighted by molar-refractivity contribution is 0.669. The molecule has 0 fully saturated rings. The van der Waals surface area contributed by atoms with Crippen LogP contribution in [0.2, 0.25) is 0 Å². The number of anilines is 3. The summed E-state index contributed by atoms with van der Waals surface area (Å²) in [5.74, 6) is 0. The monoisotopic (exact) mass is 576 g/mol. The molecular formula is C42H28N2O. The number of aromatic nitrogens is 1. The predicted octanol–water partition coefficient (Wildman–Crippen LogP) is 11.8. The fourth-order valence-electron chi connectivity index (χ4n) is 6.76. The second-order valence-corrected chi connectivity index (χ2v) is 11.4. The van der Waals surface area contributed by atoms with Gasteiger partial charge in [-0.1, -0.05) is 109 Å². The quantitative estimate of drug-likeness (QED) is 0.203. The fourth-order valence-corrected chi connectivity index (χ4v) is 6.76. The fraction of sp³-hybridized carbons (Fsp3) is 0. The van der Waals surface area contributed by atoms with Crippen LogP contribution in [0.15, 0.2) is 174 Å². The van der Waals surface area contributed by atoms with Crippen molar-refractivity contribution >= 4 is 60.8 Å². The van der Waals surface area contributed by atoms with E-state index in [9.17, 15) is 0 Å². The Morgan fingerprint density at radius 1 is 0.422 bits per heavy atom. The summed E-state index contributed by atoms with van der Waals surface area (Å²) < 4.78 is 8.76. The molecule has 0 saturated carbocycles. The van der Waals surface area contributed by atoms with Gasteiger partial charge < -0.3 is 13.9 Å². The van der Waals surface area contributed by atoms with E-state index in [1.807, 2.05) is 12.1 Å². The zero-order chi connectivity index (χ0) is 29.7. The summed E-state index contributed by atoms with van der Waals surface area (Å²) in [6.07, 6.45) is 0. The van der Waals surface area contributed by atoms with Gasteiger partial charge in [0.2, 0.25) is 0 Å². The van der Waals surface area contributed by atoms with Crippen molar-refractivity contribution in [3.8, 4) is 16.8 Å². The molecule has 0 aliphatic rings. The van der Waals surface area contributed by atoms with Gasteiger partial charge in [-0.15, -0.1) is 0 Å². The normalized spacial score (nSPS) is 11.6. The Bertz CT molecular complexity index is 2490. The van der Waals surface area contributed by atoms with Crippen LogP contribution in [-0.4, -0.2) is 4.57 Å². The zero-order valence-corrected chi connectivity index (χ0v) is 24.5. The van der Waals surface area contributed by atoms with Crippen LogP contribution in [0.25, 0.3) is 60.6 Å². The highest BCUT2D eigenvalue weighted by Crippen LogP contribution is 2.44. The Balaban J connectivity index is 1.33. The third kappa shape index (κ3) is 4.13. The van der Waals surface area contributed by atoms with Crippen molar-refractivity contribution in [3.63, 3.8) is 0 Å². The number of fused-ring (bicyclic) bond motifs is 6. The maximum absolute atomic E-state index is 6.39. The maximum atomic E-state index is 6.39. The van der Waals surface area contributed by atoms with Crippen LogP contribution >= 0.6 is 0 Å².